The number of benzene rings is 2. The van der Waals surface area contributed by atoms with Gasteiger partial charge in [0.1, 0.15) is 6.61 Å². The molecule has 1 aromatic heterocycles. The summed E-state index contributed by atoms with van der Waals surface area (Å²) in [5, 5.41) is -0.0388. The summed E-state index contributed by atoms with van der Waals surface area (Å²) < 4.78 is 26.0. The molecule has 2 aromatic carbocycles. The first-order valence-corrected chi connectivity index (χ1v) is 10.4. The number of nitrogen functional groups attached to an aromatic ring is 1. The fraction of sp³-hybridized carbons (Fsp3) is 0.143. The maximum atomic E-state index is 15.0. The van der Waals surface area contributed by atoms with E-state index in [9.17, 15) is 9.18 Å². The smallest absolute Gasteiger partial charge is 0.358 e. The number of alkyl halides is 1. The normalized spacial score (nSPS) is 10.6. The van der Waals surface area contributed by atoms with Crippen molar-refractivity contribution >= 4 is 45.8 Å². The van der Waals surface area contributed by atoms with Crippen LogP contribution in [0.2, 0.25) is 5.02 Å². The lowest BCUT2D eigenvalue weighted by molar-refractivity contribution is 0.0466. The average Bonchev–Trinajstić information content (AvgIpc) is 2.74. The number of carbonyl (C=O) groups is 1. The Bertz CT molecular complexity index is 1050. The molecule has 0 atom stereocenters. The average molecular weight is 527 g/mol. The molecule has 0 fully saturated rings. The van der Waals surface area contributed by atoms with Crippen LogP contribution in [0, 0.1) is 5.82 Å². The highest BCUT2D eigenvalue weighted by Crippen LogP contribution is 2.35. The minimum atomic E-state index is -0.747. The Kier molecular flexibility index (Phi) is 6.92. The number of rotatable bonds is 6. The molecule has 0 saturated heterocycles. The third kappa shape index (κ3) is 4.62. The second-order valence-corrected chi connectivity index (χ2v) is 7.21. The highest BCUT2D eigenvalue weighted by atomic mass is 127. The maximum absolute atomic E-state index is 15.0. The van der Waals surface area contributed by atoms with Gasteiger partial charge >= 0.3 is 5.97 Å². The lowest BCUT2D eigenvalue weighted by Crippen LogP contribution is -2.11. The Morgan fingerprint density at radius 3 is 2.62 bits per heavy atom. The van der Waals surface area contributed by atoms with Crippen molar-refractivity contribution in [1.29, 1.82) is 0 Å². The van der Waals surface area contributed by atoms with E-state index >= 15 is 0 Å². The molecular formula is C21H17ClFIN2O3. The summed E-state index contributed by atoms with van der Waals surface area (Å²) in [6, 6.07) is 13.9. The zero-order chi connectivity index (χ0) is 21.0. The monoisotopic (exact) mass is 526 g/mol. The third-order valence-corrected chi connectivity index (χ3v) is 5.41. The fourth-order valence-electron chi connectivity index (χ4n) is 2.73. The number of nitrogens with zero attached hydrogens (tertiary/aromatic N) is 1. The lowest BCUT2D eigenvalue weighted by Gasteiger charge is -2.13. The van der Waals surface area contributed by atoms with Crippen molar-refractivity contribution in [2.24, 2.45) is 0 Å². The molecule has 29 heavy (non-hydrogen) atoms. The van der Waals surface area contributed by atoms with Gasteiger partial charge in [0.15, 0.2) is 17.3 Å². The van der Waals surface area contributed by atoms with Gasteiger partial charge in [0.05, 0.1) is 23.5 Å². The highest BCUT2D eigenvalue weighted by molar-refractivity contribution is 14.1. The number of aromatic nitrogens is 1. The van der Waals surface area contributed by atoms with Crippen molar-refractivity contribution in [3.8, 4) is 17.0 Å². The number of hydrogen-bond acceptors (Lipinski definition) is 5. The molecule has 3 aromatic rings. The van der Waals surface area contributed by atoms with E-state index in [-0.39, 0.29) is 40.0 Å². The minimum Gasteiger partial charge on any atom is -0.493 e. The van der Waals surface area contributed by atoms with Crippen LogP contribution in [0.25, 0.3) is 11.3 Å². The number of nitrogens with two attached hydrogens (primary N) is 1. The van der Waals surface area contributed by atoms with Crippen LogP contribution < -0.4 is 10.5 Å². The van der Waals surface area contributed by atoms with Crippen LogP contribution in [-0.2, 0) is 15.8 Å². The Morgan fingerprint density at radius 2 is 1.97 bits per heavy atom. The Balaban J connectivity index is 1.97. The first-order chi connectivity index (χ1) is 14.0. The molecule has 0 saturated carbocycles. The number of halogens is 3. The van der Waals surface area contributed by atoms with Crippen LogP contribution in [0.5, 0.6) is 5.75 Å². The molecule has 0 aliphatic carbocycles. The quantitative estimate of drug-likeness (QED) is 0.264. The molecule has 0 amide bonds. The topological polar surface area (TPSA) is 74.4 Å². The molecule has 0 bridgehead atoms. The van der Waals surface area contributed by atoms with Gasteiger partial charge in [0.25, 0.3) is 0 Å². The molecule has 0 aliphatic heterocycles. The molecule has 0 unspecified atom stereocenters. The Morgan fingerprint density at radius 1 is 1.24 bits per heavy atom. The van der Waals surface area contributed by atoms with Gasteiger partial charge in [-0.3, -0.25) is 0 Å². The third-order valence-electron chi connectivity index (χ3n) is 4.19. The molecule has 0 aliphatic rings. The van der Waals surface area contributed by atoms with Crippen LogP contribution in [0.4, 0.5) is 10.1 Å². The summed E-state index contributed by atoms with van der Waals surface area (Å²) in [5.41, 5.74) is 7.70. The number of ether oxygens (including phenoxy) is 2. The van der Waals surface area contributed by atoms with E-state index in [4.69, 9.17) is 26.8 Å². The van der Waals surface area contributed by atoms with Gasteiger partial charge in [-0.05, 0) is 17.7 Å². The van der Waals surface area contributed by atoms with Crippen molar-refractivity contribution < 1.29 is 18.7 Å². The largest absolute Gasteiger partial charge is 0.493 e. The van der Waals surface area contributed by atoms with Gasteiger partial charge in [-0.15, -0.1) is 0 Å². The van der Waals surface area contributed by atoms with E-state index in [0.29, 0.717) is 9.99 Å². The number of esters is 1. The maximum Gasteiger partial charge on any atom is 0.358 e. The summed E-state index contributed by atoms with van der Waals surface area (Å²) >= 11 is 8.29. The zero-order valence-electron chi connectivity index (χ0n) is 15.4. The van der Waals surface area contributed by atoms with E-state index in [1.165, 1.54) is 13.2 Å². The van der Waals surface area contributed by atoms with E-state index in [2.05, 4.69) is 27.6 Å². The lowest BCUT2D eigenvalue weighted by atomic mass is 10.1. The summed E-state index contributed by atoms with van der Waals surface area (Å²) in [6.07, 6.45) is 0. The van der Waals surface area contributed by atoms with Crippen LogP contribution in [0.15, 0.2) is 48.5 Å². The number of anilines is 1. The van der Waals surface area contributed by atoms with Gasteiger partial charge in [-0.1, -0.05) is 70.6 Å². The summed E-state index contributed by atoms with van der Waals surface area (Å²) in [5.74, 6) is -1.21. The van der Waals surface area contributed by atoms with Crippen molar-refractivity contribution in [2.75, 3.05) is 12.8 Å². The molecule has 150 valence electrons. The summed E-state index contributed by atoms with van der Waals surface area (Å²) in [4.78, 5) is 16.8. The highest BCUT2D eigenvalue weighted by Gasteiger charge is 2.22. The number of methoxy groups -OCH3 is 1. The van der Waals surface area contributed by atoms with Crippen LogP contribution in [-0.4, -0.2) is 18.1 Å². The van der Waals surface area contributed by atoms with E-state index in [1.54, 1.807) is 12.1 Å². The second-order valence-electron chi connectivity index (χ2n) is 6.07. The van der Waals surface area contributed by atoms with Crippen LogP contribution in [0.3, 0.4) is 0 Å². The molecule has 1 heterocycles. The minimum absolute atomic E-state index is 0.0388. The van der Waals surface area contributed by atoms with E-state index in [1.807, 2.05) is 30.3 Å². The second kappa shape index (κ2) is 9.41. The molecule has 3 rings (SSSR count). The van der Waals surface area contributed by atoms with Gasteiger partial charge in [-0.25, -0.2) is 14.2 Å². The Labute approximate surface area is 186 Å². The molecule has 0 radical (unpaired) electrons. The Hall–Kier alpha value is -2.39. The van der Waals surface area contributed by atoms with Gasteiger partial charge in [-0.2, -0.15) is 0 Å². The molecular weight excluding hydrogens is 510 g/mol. The number of carbonyl (C=O) groups excluding carboxylic acids is 1. The van der Waals surface area contributed by atoms with Crippen molar-refractivity contribution in [1.82, 2.24) is 4.98 Å². The van der Waals surface area contributed by atoms with Crippen molar-refractivity contribution in [3.63, 3.8) is 0 Å². The summed E-state index contributed by atoms with van der Waals surface area (Å²) in [7, 11) is 1.40. The first-order valence-electron chi connectivity index (χ1n) is 8.55. The van der Waals surface area contributed by atoms with Gasteiger partial charge in [0.2, 0.25) is 0 Å². The first kappa shape index (κ1) is 21.3. The fourth-order valence-corrected chi connectivity index (χ4v) is 3.51. The molecule has 8 heteroatoms. The van der Waals surface area contributed by atoms with Crippen LogP contribution >= 0.6 is 34.2 Å². The molecule has 5 nitrogen and oxygen atoms in total. The SMILES string of the molecule is COc1c(CI)ccc(-c2cc(N)c(Cl)c(C(=O)OCc3ccccc3)n2)c1F. The van der Waals surface area contributed by atoms with Gasteiger partial charge < -0.3 is 15.2 Å². The standard InChI is InChI=1S/C21H17ClFIN2O3/c1-28-20-13(10-24)7-8-14(18(20)23)16-9-15(25)17(22)19(26-16)21(27)29-11-12-5-3-2-4-6-12/h2-9H,10-11H2,1H3,(H2,25,26). The van der Waals surface area contributed by atoms with Crippen molar-refractivity contribution in [3.05, 3.63) is 76.2 Å². The van der Waals surface area contributed by atoms with Crippen molar-refractivity contribution in [2.45, 2.75) is 11.0 Å². The number of hydrogen-bond donors (Lipinski definition) is 1. The summed E-state index contributed by atoms with van der Waals surface area (Å²) in [6.45, 7) is 0.0500. The van der Waals surface area contributed by atoms with Crippen LogP contribution in [0.1, 0.15) is 21.6 Å². The molecule has 0 spiro atoms. The van der Waals surface area contributed by atoms with Gasteiger partial charge in [0, 0.05) is 15.6 Å². The zero-order valence-corrected chi connectivity index (χ0v) is 18.3. The number of pyridine rings is 1. The predicted octanol–water partition coefficient (Wildman–Crippen LogP) is 5.42. The molecule has 2 N–H and O–H groups in total. The predicted molar refractivity (Wildman–Crippen MR) is 119 cm³/mol. The van der Waals surface area contributed by atoms with E-state index < -0.39 is 11.8 Å². The van der Waals surface area contributed by atoms with E-state index in [0.717, 1.165) is 5.56 Å².